The summed E-state index contributed by atoms with van der Waals surface area (Å²) >= 11 is 0. The summed E-state index contributed by atoms with van der Waals surface area (Å²) in [5.41, 5.74) is 3.86. The van der Waals surface area contributed by atoms with Crippen LogP contribution in [0.15, 0.2) is 30.3 Å². The average molecular weight is 244 g/mol. The maximum absolute atomic E-state index is 9.40. The van der Waals surface area contributed by atoms with Crippen LogP contribution in [0.4, 0.5) is 0 Å². The number of nitrogens with zero attached hydrogens (tertiary/aromatic N) is 1. The molecule has 0 aliphatic heterocycles. The van der Waals surface area contributed by atoms with E-state index in [1.165, 1.54) is 0 Å². The molecule has 1 aromatic rings. The molecule has 18 heavy (non-hydrogen) atoms. The molecule has 96 valence electrons. The van der Waals surface area contributed by atoms with E-state index in [9.17, 15) is 5.26 Å². The van der Waals surface area contributed by atoms with Crippen LogP contribution in [-0.2, 0) is 10.3 Å². The zero-order chi connectivity index (χ0) is 13.0. The van der Waals surface area contributed by atoms with Crippen LogP contribution in [0.1, 0.15) is 32.3 Å². The molecular weight excluding hydrogens is 224 g/mol. The molecule has 0 radical (unpaired) electrons. The first-order valence-corrected chi connectivity index (χ1v) is 6.50. The lowest BCUT2D eigenvalue weighted by atomic mass is 9.63. The quantitative estimate of drug-likeness (QED) is 0.810. The molecule has 0 unspecified atom stereocenters. The van der Waals surface area contributed by atoms with Crippen molar-refractivity contribution in [3.63, 3.8) is 0 Å². The van der Waals surface area contributed by atoms with Gasteiger partial charge in [0, 0.05) is 6.04 Å². The summed E-state index contributed by atoms with van der Waals surface area (Å²) in [5.74, 6) is 0.521. The Hall–Kier alpha value is -1.37. The number of nitrogens with one attached hydrogen (secondary N) is 1. The Bertz CT molecular complexity index is 416. The molecule has 1 aromatic carbocycles. The van der Waals surface area contributed by atoms with Gasteiger partial charge in [0.2, 0.25) is 0 Å². The second-order valence-corrected chi connectivity index (χ2v) is 5.49. The minimum absolute atomic E-state index is 0.295. The molecule has 0 aromatic heterocycles. The Labute approximate surface area is 109 Å². The highest BCUT2D eigenvalue weighted by Crippen LogP contribution is 2.43. The highest BCUT2D eigenvalue weighted by Gasteiger charge is 2.46. The van der Waals surface area contributed by atoms with E-state index in [2.05, 4.69) is 25.4 Å². The van der Waals surface area contributed by atoms with Crippen LogP contribution >= 0.6 is 0 Å². The van der Waals surface area contributed by atoms with Gasteiger partial charge >= 0.3 is 0 Å². The van der Waals surface area contributed by atoms with E-state index in [0.29, 0.717) is 18.6 Å². The van der Waals surface area contributed by atoms with Crippen molar-refractivity contribution in [1.29, 1.82) is 5.26 Å². The van der Waals surface area contributed by atoms with E-state index in [4.69, 9.17) is 4.84 Å². The Morgan fingerprint density at radius 1 is 1.39 bits per heavy atom. The summed E-state index contributed by atoms with van der Waals surface area (Å²) in [5, 5.41) is 9.40. The standard InChI is InChI=1S/C15H20N2O/c1-12(2)10-18-17-14-8-15(9-14,11-16)13-6-4-3-5-7-13/h3-7,12,14,17H,8-10H2,1-2H3. The number of benzene rings is 1. The normalized spacial score (nSPS) is 26.7. The molecule has 2 rings (SSSR count). The van der Waals surface area contributed by atoms with Gasteiger partial charge in [-0.25, -0.2) is 0 Å². The first-order valence-electron chi connectivity index (χ1n) is 6.50. The third kappa shape index (κ3) is 2.72. The fraction of sp³-hybridized carbons (Fsp3) is 0.533. The number of rotatable bonds is 5. The van der Waals surface area contributed by atoms with Crippen molar-refractivity contribution < 1.29 is 4.84 Å². The van der Waals surface area contributed by atoms with Gasteiger partial charge in [-0.1, -0.05) is 44.2 Å². The van der Waals surface area contributed by atoms with Crippen molar-refractivity contribution in [2.75, 3.05) is 6.61 Å². The molecule has 0 amide bonds. The first-order chi connectivity index (χ1) is 8.66. The van der Waals surface area contributed by atoms with Crippen LogP contribution in [0, 0.1) is 17.2 Å². The minimum Gasteiger partial charge on any atom is -0.301 e. The van der Waals surface area contributed by atoms with Crippen LogP contribution in [0.2, 0.25) is 0 Å². The lowest BCUT2D eigenvalue weighted by Gasteiger charge is -2.43. The Kier molecular flexibility index (Phi) is 4.00. The number of nitriles is 1. The van der Waals surface area contributed by atoms with Gasteiger partial charge in [0.15, 0.2) is 0 Å². The molecule has 0 saturated heterocycles. The molecule has 1 N–H and O–H groups in total. The fourth-order valence-electron chi connectivity index (χ4n) is 2.35. The van der Waals surface area contributed by atoms with Crippen LogP contribution < -0.4 is 5.48 Å². The van der Waals surface area contributed by atoms with E-state index < -0.39 is 0 Å². The summed E-state index contributed by atoms with van der Waals surface area (Å²) in [6.07, 6.45) is 1.65. The topological polar surface area (TPSA) is 45.0 Å². The summed E-state index contributed by atoms with van der Waals surface area (Å²) in [4.78, 5) is 5.41. The molecule has 3 nitrogen and oxygen atoms in total. The molecule has 1 aliphatic carbocycles. The van der Waals surface area contributed by atoms with Crippen molar-refractivity contribution >= 4 is 0 Å². The monoisotopic (exact) mass is 244 g/mol. The summed E-state index contributed by atoms with van der Waals surface area (Å²) < 4.78 is 0. The predicted molar refractivity (Wildman–Crippen MR) is 70.7 cm³/mol. The molecule has 0 bridgehead atoms. The van der Waals surface area contributed by atoms with E-state index >= 15 is 0 Å². The summed E-state index contributed by atoms with van der Waals surface area (Å²) in [6, 6.07) is 12.8. The van der Waals surface area contributed by atoms with Crippen molar-refractivity contribution in [3.05, 3.63) is 35.9 Å². The summed E-state index contributed by atoms with van der Waals surface area (Å²) in [6.45, 7) is 4.94. The SMILES string of the molecule is CC(C)CONC1CC(C#N)(c2ccccc2)C1. The van der Waals surface area contributed by atoms with E-state index in [0.717, 1.165) is 18.4 Å². The van der Waals surface area contributed by atoms with Gasteiger partial charge in [0.1, 0.15) is 0 Å². The smallest absolute Gasteiger partial charge is 0.0853 e. The number of hydroxylamine groups is 1. The van der Waals surface area contributed by atoms with Gasteiger partial charge in [-0.15, -0.1) is 0 Å². The summed E-state index contributed by atoms with van der Waals surface area (Å²) in [7, 11) is 0. The Balaban J connectivity index is 1.87. The first kappa shape index (κ1) is 13.1. The molecular formula is C15H20N2O. The molecule has 0 heterocycles. The zero-order valence-corrected chi connectivity index (χ0v) is 11.0. The second kappa shape index (κ2) is 5.51. The fourth-order valence-corrected chi connectivity index (χ4v) is 2.35. The van der Waals surface area contributed by atoms with Crippen LogP contribution in [0.3, 0.4) is 0 Å². The molecule has 1 fully saturated rings. The predicted octanol–water partition coefficient (Wildman–Crippen LogP) is 2.79. The molecule has 0 spiro atoms. The molecule has 1 aliphatic rings. The van der Waals surface area contributed by atoms with E-state index in [1.807, 2.05) is 30.3 Å². The molecule has 0 atom stereocenters. The van der Waals surface area contributed by atoms with E-state index in [1.54, 1.807) is 0 Å². The van der Waals surface area contributed by atoms with Crippen LogP contribution in [-0.4, -0.2) is 12.6 Å². The van der Waals surface area contributed by atoms with Gasteiger partial charge in [0.05, 0.1) is 18.1 Å². The lowest BCUT2D eigenvalue weighted by molar-refractivity contribution is -0.0294. The average Bonchev–Trinajstić information content (AvgIpc) is 2.33. The van der Waals surface area contributed by atoms with E-state index in [-0.39, 0.29) is 5.41 Å². The Morgan fingerprint density at radius 3 is 2.61 bits per heavy atom. The van der Waals surface area contributed by atoms with Gasteiger partial charge in [-0.3, -0.25) is 0 Å². The highest BCUT2D eigenvalue weighted by molar-refractivity contribution is 5.36. The van der Waals surface area contributed by atoms with Crippen molar-refractivity contribution in [1.82, 2.24) is 5.48 Å². The van der Waals surface area contributed by atoms with Crippen molar-refractivity contribution in [2.24, 2.45) is 5.92 Å². The number of hydrogen-bond acceptors (Lipinski definition) is 3. The van der Waals surface area contributed by atoms with Crippen molar-refractivity contribution in [2.45, 2.75) is 38.1 Å². The number of hydrogen-bond donors (Lipinski definition) is 1. The van der Waals surface area contributed by atoms with Gasteiger partial charge < -0.3 is 4.84 Å². The minimum atomic E-state index is -0.319. The van der Waals surface area contributed by atoms with Gasteiger partial charge in [-0.05, 0) is 24.3 Å². The van der Waals surface area contributed by atoms with Crippen molar-refractivity contribution in [3.8, 4) is 6.07 Å². The van der Waals surface area contributed by atoms with Gasteiger partial charge in [0.25, 0.3) is 0 Å². The third-order valence-electron chi connectivity index (χ3n) is 3.40. The largest absolute Gasteiger partial charge is 0.301 e. The maximum atomic E-state index is 9.40. The highest BCUT2D eigenvalue weighted by atomic mass is 16.6. The second-order valence-electron chi connectivity index (χ2n) is 5.49. The third-order valence-corrected chi connectivity index (χ3v) is 3.40. The molecule has 1 saturated carbocycles. The molecule has 3 heteroatoms. The maximum Gasteiger partial charge on any atom is 0.0853 e. The zero-order valence-electron chi connectivity index (χ0n) is 11.0. The van der Waals surface area contributed by atoms with Crippen LogP contribution in [0.25, 0.3) is 0 Å². The lowest BCUT2D eigenvalue weighted by Crippen LogP contribution is -2.51. The van der Waals surface area contributed by atoms with Gasteiger partial charge in [-0.2, -0.15) is 10.7 Å². The van der Waals surface area contributed by atoms with Crippen LogP contribution in [0.5, 0.6) is 0 Å². The Morgan fingerprint density at radius 2 is 2.06 bits per heavy atom.